The number of carbonyl (C=O) groups is 2. The van der Waals surface area contributed by atoms with Crippen molar-refractivity contribution in [3.05, 3.63) is 34.8 Å². The second kappa shape index (κ2) is 9.78. The van der Waals surface area contributed by atoms with Crippen molar-refractivity contribution < 1.29 is 22.7 Å². The third-order valence-electron chi connectivity index (χ3n) is 4.86. The summed E-state index contributed by atoms with van der Waals surface area (Å²) in [6.45, 7) is 5.94. The first-order valence-electron chi connectivity index (χ1n) is 10.1. The standard InChI is InChI=1S/C21H27N3O5S2/c1-15(2)29-19-7-6-17(31(3,27)28)13-18(19)20(26)23-8-10-24(11-9-23)21-22-14-16(30-21)5-4-12-25/h6-7,12-15H,4-5,8-11H2,1-3H3. The predicted octanol–water partition coefficient (Wildman–Crippen LogP) is 2.43. The average molecular weight is 466 g/mol. The van der Waals surface area contributed by atoms with Gasteiger partial charge < -0.3 is 19.3 Å². The first-order valence-corrected chi connectivity index (χ1v) is 12.8. The molecule has 1 aromatic carbocycles. The highest BCUT2D eigenvalue weighted by Crippen LogP contribution is 2.28. The number of hydrogen-bond acceptors (Lipinski definition) is 8. The van der Waals surface area contributed by atoms with Gasteiger partial charge in [0.2, 0.25) is 0 Å². The Morgan fingerprint density at radius 2 is 1.97 bits per heavy atom. The molecule has 1 saturated heterocycles. The Kier molecular flexibility index (Phi) is 7.32. The van der Waals surface area contributed by atoms with Crippen LogP contribution in [-0.2, 0) is 21.1 Å². The zero-order chi connectivity index (χ0) is 22.6. The maximum Gasteiger partial charge on any atom is 0.257 e. The lowest BCUT2D eigenvalue weighted by Gasteiger charge is -2.35. The molecule has 1 fully saturated rings. The van der Waals surface area contributed by atoms with Gasteiger partial charge in [-0.1, -0.05) is 0 Å². The molecule has 0 bridgehead atoms. The monoisotopic (exact) mass is 465 g/mol. The summed E-state index contributed by atoms with van der Waals surface area (Å²) >= 11 is 1.57. The molecule has 1 amide bonds. The molecule has 1 aromatic heterocycles. The van der Waals surface area contributed by atoms with Gasteiger partial charge in [-0.05, 0) is 38.5 Å². The van der Waals surface area contributed by atoms with Crippen molar-refractivity contribution in [3.63, 3.8) is 0 Å². The smallest absolute Gasteiger partial charge is 0.257 e. The summed E-state index contributed by atoms with van der Waals surface area (Å²) in [5.74, 6) is 0.140. The fraction of sp³-hybridized carbons (Fsp3) is 0.476. The van der Waals surface area contributed by atoms with Crippen molar-refractivity contribution in [2.45, 2.75) is 37.7 Å². The van der Waals surface area contributed by atoms with Crippen LogP contribution in [0.1, 0.15) is 35.5 Å². The SMILES string of the molecule is CC(C)Oc1ccc(S(C)(=O)=O)cc1C(=O)N1CCN(c2ncc(CCC=O)s2)CC1. The van der Waals surface area contributed by atoms with Crippen LogP contribution in [0, 0.1) is 0 Å². The van der Waals surface area contributed by atoms with Gasteiger partial charge in [-0.25, -0.2) is 13.4 Å². The van der Waals surface area contributed by atoms with Gasteiger partial charge >= 0.3 is 0 Å². The minimum absolute atomic E-state index is 0.0937. The summed E-state index contributed by atoms with van der Waals surface area (Å²) in [6, 6.07) is 4.42. The van der Waals surface area contributed by atoms with Gasteiger partial charge in [0.05, 0.1) is 16.6 Å². The second-order valence-corrected chi connectivity index (χ2v) is 10.8. The van der Waals surface area contributed by atoms with E-state index in [1.54, 1.807) is 28.5 Å². The van der Waals surface area contributed by atoms with Crippen molar-refractivity contribution in [2.24, 2.45) is 0 Å². The van der Waals surface area contributed by atoms with Gasteiger partial charge in [-0.3, -0.25) is 4.79 Å². The Hall–Kier alpha value is -2.46. The summed E-state index contributed by atoms with van der Waals surface area (Å²) in [5, 5.41) is 0.885. The summed E-state index contributed by atoms with van der Waals surface area (Å²) in [7, 11) is -3.45. The number of anilines is 1. The predicted molar refractivity (Wildman–Crippen MR) is 120 cm³/mol. The van der Waals surface area contributed by atoms with Crippen LogP contribution in [0.15, 0.2) is 29.3 Å². The molecule has 0 radical (unpaired) electrons. The lowest BCUT2D eigenvalue weighted by Crippen LogP contribution is -2.48. The van der Waals surface area contributed by atoms with E-state index in [9.17, 15) is 18.0 Å². The first-order chi connectivity index (χ1) is 14.7. The number of ether oxygens (including phenoxy) is 1. The highest BCUT2D eigenvalue weighted by Gasteiger charge is 2.27. The minimum Gasteiger partial charge on any atom is -0.490 e. The minimum atomic E-state index is -3.45. The maximum atomic E-state index is 13.2. The second-order valence-electron chi connectivity index (χ2n) is 7.69. The fourth-order valence-electron chi connectivity index (χ4n) is 3.29. The number of sulfone groups is 1. The summed E-state index contributed by atoms with van der Waals surface area (Å²) in [6.07, 6.45) is 4.85. The van der Waals surface area contributed by atoms with E-state index in [1.165, 1.54) is 12.1 Å². The van der Waals surface area contributed by atoms with Crippen LogP contribution in [0.5, 0.6) is 5.75 Å². The Morgan fingerprint density at radius 1 is 1.26 bits per heavy atom. The van der Waals surface area contributed by atoms with E-state index in [4.69, 9.17) is 4.74 Å². The van der Waals surface area contributed by atoms with E-state index < -0.39 is 9.84 Å². The number of rotatable bonds is 8. The first kappa shape index (κ1) is 23.2. The Bertz CT molecular complexity index is 1040. The van der Waals surface area contributed by atoms with Crippen molar-refractivity contribution in [1.82, 2.24) is 9.88 Å². The van der Waals surface area contributed by atoms with Crippen molar-refractivity contribution in [3.8, 4) is 5.75 Å². The van der Waals surface area contributed by atoms with E-state index in [-0.39, 0.29) is 22.5 Å². The molecule has 2 aromatic rings. The van der Waals surface area contributed by atoms with E-state index in [0.29, 0.717) is 44.8 Å². The normalized spacial score (nSPS) is 14.7. The molecule has 0 spiro atoms. The molecule has 1 aliphatic heterocycles. The number of amides is 1. The molecule has 0 atom stereocenters. The Labute approximate surface area is 186 Å². The molecule has 8 nitrogen and oxygen atoms in total. The summed E-state index contributed by atoms with van der Waals surface area (Å²) in [4.78, 5) is 33.2. The number of aryl methyl sites for hydroxylation is 1. The van der Waals surface area contributed by atoms with Gasteiger partial charge in [0, 0.05) is 49.9 Å². The fourth-order valence-corrected chi connectivity index (χ4v) is 4.92. The lowest BCUT2D eigenvalue weighted by molar-refractivity contribution is -0.107. The third-order valence-corrected chi connectivity index (χ3v) is 7.09. The molecule has 0 unspecified atom stereocenters. The number of nitrogens with zero attached hydrogens (tertiary/aromatic N) is 3. The highest BCUT2D eigenvalue weighted by molar-refractivity contribution is 7.90. The number of thiazole rings is 1. The number of aldehydes is 1. The van der Waals surface area contributed by atoms with E-state index in [2.05, 4.69) is 9.88 Å². The molecule has 0 N–H and O–H groups in total. The molecule has 0 saturated carbocycles. The van der Waals surface area contributed by atoms with Crippen LogP contribution in [0.3, 0.4) is 0 Å². The van der Waals surface area contributed by atoms with Crippen molar-refractivity contribution in [1.29, 1.82) is 0 Å². The lowest BCUT2D eigenvalue weighted by atomic mass is 10.1. The van der Waals surface area contributed by atoms with Gasteiger partial charge in [-0.2, -0.15) is 0 Å². The van der Waals surface area contributed by atoms with Gasteiger partial charge in [0.1, 0.15) is 12.0 Å². The number of aromatic nitrogens is 1. The van der Waals surface area contributed by atoms with Crippen molar-refractivity contribution in [2.75, 3.05) is 37.3 Å². The Morgan fingerprint density at radius 3 is 2.58 bits per heavy atom. The molecule has 0 aliphatic carbocycles. The molecule has 3 rings (SSSR count). The van der Waals surface area contributed by atoms with Crippen LogP contribution < -0.4 is 9.64 Å². The molecule has 168 valence electrons. The highest BCUT2D eigenvalue weighted by atomic mass is 32.2. The van der Waals surface area contributed by atoms with E-state index >= 15 is 0 Å². The van der Waals surface area contributed by atoms with Crippen LogP contribution >= 0.6 is 11.3 Å². The average Bonchev–Trinajstić information content (AvgIpc) is 3.20. The molecule has 10 heteroatoms. The van der Waals surface area contributed by atoms with E-state index in [1.807, 2.05) is 13.8 Å². The van der Waals surface area contributed by atoms with Crippen LogP contribution in [0.2, 0.25) is 0 Å². The van der Waals surface area contributed by atoms with E-state index in [0.717, 1.165) is 22.6 Å². The topological polar surface area (TPSA) is 96.9 Å². The molecule has 2 heterocycles. The van der Waals surface area contributed by atoms with Crippen LogP contribution in [0.25, 0.3) is 0 Å². The molecular weight excluding hydrogens is 438 g/mol. The number of carbonyl (C=O) groups excluding carboxylic acids is 2. The third kappa shape index (κ3) is 5.82. The summed E-state index contributed by atoms with van der Waals surface area (Å²) in [5.41, 5.74) is 0.260. The van der Waals surface area contributed by atoms with Gasteiger partial charge in [-0.15, -0.1) is 11.3 Å². The number of hydrogen-bond donors (Lipinski definition) is 0. The largest absolute Gasteiger partial charge is 0.490 e. The molecule has 1 aliphatic rings. The van der Waals surface area contributed by atoms with Gasteiger partial charge in [0.25, 0.3) is 5.91 Å². The van der Waals surface area contributed by atoms with Crippen LogP contribution in [0.4, 0.5) is 5.13 Å². The summed E-state index contributed by atoms with van der Waals surface area (Å²) < 4.78 is 29.7. The molecule has 31 heavy (non-hydrogen) atoms. The number of benzene rings is 1. The zero-order valence-electron chi connectivity index (χ0n) is 17.9. The number of piperazine rings is 1. The maximum absolute atomic E-state index is 13.2. The Balaban J connectivity index is 1.73. The van der Waals surface area contributed by atoms with Crippen molar-refractivity contribution >= 4 is 38.5 Å². The van der Waals surface area contributed by atoms with Crippen LogP contribution in [-0.4, -0.2) is 69.0 Å². The zero-order valence-corrected chi connectivity index (χ0v) is 19.5. The van der Waals surface area contributed by atoms with Gasteiger partial charge in [0.15, 0.2) is 15.0 Å². The molecular formula is C21H27N3O5S2. The quantitative estimate of drug-likeness (QED) is 0.552.